The Kier molecular flexibility index (Phi) is 5.06. The van der Waals surface area contributed by atoms with Crippen molar-refractivity contribution in [2.24, 2.45) is 0 Å². The van der Waals surface area contributed by atoms with E-state index in [0.29, 0.717) is 5.56 Å². The Morgan fingerprint density at radius 3 is 2.38 bits per heavy atom. The molecule has 0 aliphatic rings. The van der Waals surface area contributed by atoms with Gasteiger partial charge in [0.25, 0.3) is 0 Å². The van der Waals surface area contributed by atoms with Crippen LogP contribution in [0.2, 0.25) is 0 Å². The summed E-state index contributed by atoms with van der Waals surface area (Å²) in [5.41, 5.74) is 5.28. The van der Waals surface area contributed by atoms with E-state index in [1.165, 1.54) is 16.7 Å². The Labute approximate surface area is 130 Å². The molecule has 0 aliphatic carbocycles. The van der Waals surface area contributed by atoms with Crippen molar-refractivity contribution < 1.29 is 5.11 Å². The lowest BCUT2D eigenvalue weighted by atomic mass is 10.1. The summed E-state index contributed by atoms with van der Waals surface area (Å²) in [5, 5.41) is 18.9. The van der Waals surface area contributed by atoms with Gasteiger partial charge in [-0.2, -0.15) is 5.26 Å². The van der Waals surface area contributed by atoms with Gasteiger partial charge >= 0.3 is 0 Å². The maximum Gasteiger partial charge on any atom is 0.0992 e. The predicted molar refractivity (Wildman–Crippen MR) is 87.3 cm³/mol. The minimum Gasteiger partial charge on any atom is -0.389 e. The molecular weight excluding hydrogens is 278 g/mol. The average Bonchev–Trinajstić information content (AvgIpc) is 2.43. The van der Waals surface area contributed by atoms with Crippen LogP contribution in [0.25, 0.3) is 0 Å². The van der Waals surface area contributed by atoms with Gasteiger partial charge in [-0.15, -0.1) is 11.8 Å². The number of nitriles is 1. The highest BCUT2D eigenvalue weighted by molar-refractivity contribution is 7.98. The molecule has 2 aromatic carbocycles. The SMILES string of the molecule is Cc1cc(C)cc(CSc2cc(C#N)ccc2C(C)O)c1. The largest absolute Gasteiger partial charge is 0.389 e. The summed E-state index contributed by atoms with van der Waals surface area (Å²) in [6, 6.07) is 14.1. The summed E-state index contributed by atoms with van der Waals surface area (Å²) >= 11 is 1.66. The van der Waals surface area contributed by atoms with Crippen LogP contribution in [0, 0.1) is 25.2 Å². The molecule has 21 heavy (non-hydrogen) atoms. The molecule has 0 saturated heterocycles. The van der Waals surface area contributed by atoms with E-state index in [1.807, 2.05) is 12.1 Å². The normalized spacial score (nSPS) is 12.0. The molecule has 0 spiro atoms. The van der Waals surface area contributed by atoms with Crippen LogP contribution < -0.4 is 0 Å². The van der Waals surface area contributed by atoms with Gasteiger partial charge in [-0.05, 0) is 44.0 Å². The molecule has 1 atom stereocenters. The number of benzene rings is 2. The van der Waals surface area contributed by atoms with Gasteiger partial charge in [-0.1, -0.05) is 35.4 Å². The Bertz CT molecular complexity index is 666. The molecule has 3 heteroatoms. The second-order valence-electron chi connectivity index (χ2n) is 5.33. The maximum absolute atomic E-state index is 9.86. The number of aliphatic hydroxyl groups is 1. The van der Waals surface area contributed by atoms with Crippen molar-refractivity contribution >= 4 is 11.8 Å². The lowest BCUT2D eigenvalue weighted by molar-refractivity contribution is 0.196. The van der Waals surface area contributed by atoms with Gasteiger partial charge in [-0.3, -0.25) is 0 Å². The molecule has 108 valence electrons. The summed E-state index contributed by atoms with van der Waals surface area (Å²) in [5.74, 6) is 0.830. The second kappa shape index (κ2) is 6.80. The number of aliphatic hydroxyl groups excluding tert-OH is 1. The van der Waals surface area contributed by atoms with Crippen LogP contribution in [0.1, 0.15) is 40.8 Å². The van der Waals surface area contributed by atoms with Crippen molar-refractivity contribution in [2.75, 3.05) is 0 Å². The highest BCUT2D eigenvalue weighted by atomic mass is 32.2. The first kappa shape index (κ1) is 15.6. The molecule has 2 rings (SSSR count). The first-order valence-corrected chi connectivity index (χ1v) is 7.90. The number of hydrogen-bond acceptors (Lipinski definition) is 3. The van der Waals surface area contributed by atoms with E-state index in [4.69, 9.17) is 5.26 Å². The van der Waals surface area contributed by atoms with Crippen LogP contribution in [0.3, 0.4) is 0 Å². The summed E-state index contributed by atoms with van der Waals surface area (Å²) < 4.78 is 0. The van der Waals surface area contributed by atoms with E-state index >= 15 is 0 Å². The third-order valence-corrected chi connectivity index (χ3v) is 4.41. The fourth-order valence-electron chi connectivity index (χ4n) is 2.39. The smallest absolute Gasteiger partial charge is 0.0992 e. The van der Waals surface area contributed by atoms with Gasteiger partial charge in [0.1, 0.15) is 0 Å². The number of hydrogen-bond donors (Lipinski definition) is 1. The van der Waals surface area contributed by atoms with E-state index in [2.05, 4.69) is 38.1 Å². The van der Waals surface area contributed by atoms with Crippen LogP contribution >= 0.6 is 11.8 Å². The molecule has 0 heterocycles. The van der Waals surface area contributed by atoms with Crippen molar-refractivity contribution in [1.82, 2.24) is 0 Å². The summed E-state index contributed by atoms with van der Waals surface area (Å²) in [6.07, 6.45) is -0.528. The standard InChI is InChI=1S/C18H19NOS/c1-12-6-13(2)8-16(7-12)11-21-18-9-15(10-19)4-5-17(18)14(3)20/h4-9,14,20H,11H2,1-3H3. The zero-order chi connectivity index (χ0) is 15.4. The van der Waals surface area contributed by atoms with Crippen LogP contribution in [-0.2, 0) is 5.75 Å². The third-order valence-electron chi connectivity index (χ3n) is 3.27. The lowest BCUT2D eigenvalue weighted by Crippen LogP contribution is -1.95. The molecule has 2 aromatic rings. The van der Waals surface area contributed by atoms with Gasteiger partial charge in [0, 0.05) is 10.6 Å². The highest BCUT2D eigenvalue weighted by Crippen LogP contribution is 2.31. The topological polar surface area (TPSA) is 44.0 Å². The Balaban J connectivity index is 2.24. The molecule has 0 saturated carbocycles. The molecule has 0 aromatic heterocycles. The monoisotopic (exact) mass is 297 g/mol. The molecule has 1 N–H and O–H groups in total. The van der Waals surface area contributed by atoms with Crippen LogP contribution in [0.5, 0.6) is 0 Å². The average molecular weight is 297 g/mol. The van der Waals surface area contributed by atoms with Crippen LogP contribution in [-0.4, -0.2) is 5.11 Å². The van der Waals surface area contributed by atoms with Crippen molar-refractivity contribution in [3.63, 3.8) is 0 Å². The minimum atomic E-state index is -0.528. The molecule has 2 nitrogen and oxygen atoms in total. The fraction of sp³-hybridized carbons (Fsp3) is 0.278. The van der Waals surface area contributed by atoms with Crippen LogP contribution in [0.15, 0.2) is 41.3 Å². The number of rotatable bonds is 4. The van der Waals surface area contributed by atoms with Gasteiger partial charge in [0.05, 0.1) is 17.7 Å². The van der Waals surface area contributed by atoms with Crippen molar-refractivity contribution in [3.8, 4) is 6.07 Å². The van der Waals surface area contributed by atoms with Crippen molar-refractivity contribution in [2.45, 2.75) is 37.5 Å². The molecule has 0 radical (unpaired) electrons. The number of thioether (sulfide) groups is 1. The third kappa shape index (κ3) is 4.10. The maximum atomic E-state index is 9.86. The van der Waals surface area contributed by atoms with Gasteiger partial charge in [0.2, 0.25) is 0 Å². The first-order chi connectivity index (χ1) is 9.99. The lowest BCUT2D eigenvalue weighted by Gasteiger charge is -2.12. The van der Waals surface area contributed by atoms with Gasteiger partial charge in [-0.25, -0.2) is 0 Å². The molecule has 0 bridgehead atoms. The van der Waals surface area contributed by atoms with Crippen molar-refractivity contribution in [1.29, 1.82) is 5.26 Å². The van der Waals surface area contributed by atoms with Crippen molar-refractivity contribution in [3.05, 3.63) is 64.2 Å². The Hall–Kier alpha value is -1.76. The summed E-state index contributed by atoms with van der Waals surface area (Å²) in [6.45, 7) is 5.94. The number of aryl methyl sites for hydroxylation is 2. The summed E-state index contributed by atoms with van der Waals surface area (Å²) in [4.78, 5) is 0.975. The number of nitrogens with zero attached hydrogens (tertiary/aromatic N) is 1. The quantitative estimate of drug-likeness (QED) is 0.844. The van der Waals surface area contributed by atoms with E-state index in [0.717, 1.165) is 16.2 Å². The predicted octanol–water partition coefficient (Wildman–Crippen LogP) is 4.52. The first-order valence-electron chi connectivity index (χ1n) is 6.91. The van der Waals surface area contributed by atoms with E-state index < -0.39 is 6.10 Å². The Morgan fingerprint density at radius 1 is 1.14 bits per heavy atom. The Morgan fingerprint density at radius 2 is 1.81 bits per heavy atom. The van der Waals surface area contributed by atoms with Gasteiger partial charge in [0.15, 0.2) is 0 Å². The second-order valence-corrected chi connectivity index (χ2v) is 6.34. The van der Waals surface area contributed by atoms with E-state index in [-0.39, 0.29) is 0 Å². The zero-order valence-corrected chi connectivity index (χ0v) is 13.4. The molecule has 1 unspecified atom stereocenters. The molecule has 0 aliphatic heterocycles. The molecule has 0 amide bonds. The van der Waals surface area contributed by atoms with Crippen LogP contribution in [0.4, 0.5) is 0 Å². The molecule has 0 fully saturated rings. The van der Waals surface area contributed by atoms with E-state index in [9.17, 15) is 5.11 Å². The molecular formula is C18H19NOS. The van der Waals surface area contributed by atoms with E-state index in [1.54, 1.807) is 24.8 Å². The van der Waals surface area contributed by atoms with Gasteiger partial charge < -0.3 is 5.11 Å². The highest BCUT2D eigenvalue weighted by Gasteiger charge is 2.10. The minimum absolute atomic E-state index is 0.528. The fourth-order valence-corrected chi connectivity index (χ4v) is 3.49. The zero-order valence-electron chi connectivity index (χ0n) is 12.6. The summed E-state index contributed by atoms with van der Waals surface area (Å²) in [7, 11) is 0.